The van der Waals surface area contributed by atoms with Crippen molar-refractivity contribution >= 4 is 39.3 Å². The molecule has 0 fully saturated rings. The fourth-order valence-corrected chi connectivity index (χ4v) is 5.82. The molecule has 0 unspecified atom stereocenters. The van der Waals surface area contributed by atoms with E-state index in [2.05, 4.69) is 6.92 Å². The molecule has 0 radical (unpaired) electrons. The number of carbonyl (C=O) groups is 1. The minimum absolute atomic E-state index is 0.0511. The summed E-state index contributed by atoms with van der Waals surface area (Å²) in [7, 11) is 1.36. The number of thioether (sulfide) groups is 1. The van der Waals surface area contributed by atoms with E-state index in [1.54, 1.807) is 15.9 Å². The molecule has 0 spiro atoms. The van der Waals surface area contributed by atoms with Crippen LogP contribution in [0.2, 0.25) is 0 Å². The van der Waals surface area contributed by atoms with Gasteiger partial charge in [0.15, 0.2) is 5.16 Å². The number of rotatable bonds is 4. The molecule has 0 N–H and O–H groups in total. The number of hydrogen-bond donors (Lipinski definition) is 0. The average Bonchev–Trinajstić information content (AvgIpc) is 3.06. The van der Waals surface area contributed by atoms with Crippen LogP contribution in [0.5, 0.6) is 0 Å². The number of thiophene rings is 1. The summed E-state index contributed by atoms with van der Waals surface area (Å²) in [5.41, 5.74) is 1.88. The fraction of sp³-hybridized carbons (Fsp3) is 0.350. The Morgan fingerprint density at radius 1 is 1.37 bits per heavy atom. The molecule has 1 aliphatic rings. The largest absolute Gasteiger partial charge is 0.468 e. The molecule has 3 aromatic rings. The summed E-state index contributed by atoms with van der Waals surface area (Å²) in [6, 6.07) is 9.48. The van der Waals surface area contributed by atoms with Gasteiger partial charge in [0.1, 0.15) is 4.83 Å². The van der Waals surface area contributed by atoms with Crippen molar-refractivity contribution in [1.29, 1.82) is 0 Å². The number of methoxy groups -OCH3 is 1. The van der Waals surface area contributed by atoms with Crippen LogP contribution in [-0.4, -0.2) is 28.4 Å². The van der Waals surface area contributed by atoms with Gasteiger partial charge >= 0.3 is 5.97 Å². The molecule has 0 saturated heterocycles. The number of esters is 1. The van der Waals surface area contributed by atoms with E-state index >= 15 is 0 Å². The van der Waals surface area contributed by atoms with Crippen LogP contribution in [0.4, 0.5) is 0 Å². The Bertz CT molecular complexity index is 1060. The molecule has 2 heterocycles. The molecule has 7 heteroatoms. The Morgan fingerprint density at radius 3 is 2.89 bits per heavy atom. The molecule has 27 heavy (non-hydrogen) atoms. The molecule has 0 aliphatic heterocycles. The maximum Gasteiger partial charge on any atom is 0.316 e. The second kappa shape index (κ2) is 7.48. The Labute approximate surface area is 165 Å². The number of aromatic nitrogens is 2. The first kappa shape index (κ1) is 18.3. The molecule has 0 saturated carbocycles. The van der Waals surface area contributed by atoms with Crippen LogP contribution in [0.25, 0.3) is 15.9 Å². The van der Waals surface area contributed by atoms with Gasteiger partial charge in [-0.25, -0.2) is 4.98 Å². The van der Waals surface area contributed by atoms with Gasteiger partial charge in [0, 0.05) is 4.88 Å². The number of para-hydroxylation sites is 1. The lowest BCUT2D eigenvalue weighted by Crippen LogP contribution is -2.23. The van der Waals surface area contributed by atoms with Crippen molar-refractivity contribution in [1.82, 2.24) is 9.55 Å². The highest BCUT2D eigenvalue weighted by molar-refractivity contribution is 7.99. The van der Waals surface area contributed by atoms with Gasteiger partial charge in [-0.3, -0.25) is 14.2 Å². The van der Waals surface area contributed by atoms with Crippen molar-refractivity contribution < 1.29 is 9.53 Å². The van der Waals surface area contributed by atoms with Gasteiger partial charge in [-0.2, -0.15) is 0 Å². The van der Waals surface area contributed by atoms with Gasteiger partial charge in [-0.05, 0) is 42.9 Å². The third kappa shape index (κ3) is 3.30. The Hall–Kier alpha value is -2.12. The van der Waals surface area contributed by atoms with Crippen molar-refractivity contribution in [2.75, 3.05) is 12.9 Å². The predicted octanol–water partition coefficient (Wildman–Crippen LogP) is 4.15. The maximum absolute atomic E-state index is 13.5. The number of aryl methyl sites for hydroxylation is 1. The van der Waals surface area contributed by atoms with E-state index in [9.17, 15) is 9.59 Å². The van der Waals surface area contributed by atoms with Gasteiger partial charge in [0.05, 0.1) is 23.9 Å². The summed E-state index contributed by atoms with van der Waals surface area (Å²) in [6.45, 7) is 2.19. The normalized spacial score (nSPS) is 16.3. The number of nitrogens with zero attached hydrogens (tertiary/aromatic N) is 2. The van der Waals surface area contributed by atoms with E-state index in [0.717, 1.165) is 35.2 Å². The van der Waals surface area contributed by atoms with Crippen LogP contribution in [0, 0.1) is 0 Å². The maximum atomic E-state index is 13.5. The molecular weight excluding hydrogens is 380 g/mol. The minimum atomic E-state index is -0.340. The van der Waals surface area contributed by atoms with E-state index in [-0.39, 0.29) is 17.3 Å². The summed E-state index contributed by atoms with van der Waals surface area (Å²) in [4.78, 5) is 32.0. The Morgan fingerprint density at radius 2 is 2.15 bits per heavy atom. The van der Waals surface area contributed by atoms with Crippen LogP contribution in [-0.2, 0) is 16.0 Å². The number of hydrogen-bond acceptors (Lipinski definition) is 6. The first-order chi connectivity index (χ1) is 13.1. The Balaban J connectivity index is 1.95. The predicted molar refractivity (Wildman–Crippen MR) is 109 cm³/mol. The smallest absolute Gasteiger partial charge is 0.316 e. The third-order valence-corrected chi connectivity index (χ3v) is 6.98. The quantitative estimate of drug-likeness (QED) is 0.374. The van der Waals surface area contributed by atoms with E-state index in [1.165, 1.54) is 29.3 Å². The molecule has 4 rings (SSSR count). The van der Waals surface area contributed by atoms with E-state index in [0.29, 0.717) is 11.1 Å². The van der Waals surface area contributed by atoms with Crippen molar-refractivity contribution in [3.05, 3.63) is 51.1 Å². The topological polar surface area (TPSA) is 61.2 Å². The van der Waals surface area contributed by atoms with Gasteiger partial charge in [-0.15, -0.1) is 11.3 Å². The van der Waals surface area contributed by atoms with Crippen LogP contribution in [0.3, 0.4) is 0 Å². The lowest BCUT2D eigenvalue weighted by molar-refractivity contribution is -0.137. The molecule has 5 nitrogen and oxygen atoms in total. The Kier molecular flexibility index (Phi) is 5.06. The molecule has 0 amide bonds. The SMILES string of the molecule is COC(=O)CSc1nc2sc3c(c2c(=O)n1-c1ccccc1)[C@H](C)CCC3. The van der Waals surface area contributed by atoms with E-state index in [1.807, 2.05) is 30.3 Å². The monoisotopic (exact) mass is 400 g/mol. The highest BCUT2D eigenvalue weighted by Gasteiger charge is 2.26. The fourth-order valence-electron chi connectivity index (χ4n) is 3.60. The highest BCUT2D eigenvalue weighted by Crippen LogP contribution is 2.40. The molecule has 140 valence electrons. The summed E-state index contributed by atoms with van der Waals surface area (Å²) < 4.78 is 6.37. The summed E-state index contributed by atoms with van der Waals surface area (Å²) in [6.07, 6.45) is 3.26. The second-order valence-corrected chi connectivity index (χ2v) is 8.67. The van der Waals surface area contributed by atoms with Gasteiger partial charge in [0.2, 0.25) is 0 Å². The number of fused-ring (bicyclic) bond motifs is 3. The van der Waals surface area contributed by atoms with E-state index in [4.69, 9.17) is 9.72 Å². The van der Waals surface area contributed by atoms with Crippen LogP contribution in [0.15, 0.2) is 40.3 Å². The van der Waals surface area contributed by atoms with E-state index < -0.39 is 0 Å². The molecule has 1 atom stereocenters. The number of ether oxygens (including phenoxy) is 1. The van der Waals surface area contributed by atoms with Crippen LogP contribution in [0.1, 0.15) is 36.1 Å². The average molecular weight is 401 g/mol. The summed E-state index contributed by atoms with van der Waals surface area (Å²) >= 11 is 2.86. The molecule has 0 bridgehead atoms. The zero-order valence-electron chi connectivity index (χ0n) is 15.2. The zero-order chi connectivity index (χ0) is 19.0. The van der Waals surface area contributed by atoms with Crippen LogP contribution < -0.4 is 5.56 Å². The number of benzene rings is 1. The van der Waals surface area contributed by atoms with Gasteiger partial charge < -0.3 is 4.74 Å². The third-order valence-electron chi connectivity index (χ3n) is 4.90. The van der Waals surface area contributed by atoms with Gasteiger partial charge in [0.25, 0.3) is 5.56 Å². The minimum Gasteiger partial charge on any atom is -0.468 e. The van der Waals surface area contributed by atoms with Crippen molar-refractivity contribution in [2.24, 2.45) is 0 Å². The van der Waals surface area contributed by atoms with Crippen molar-refractivity contribution in [3.8, 4) is 5.69 Å². The zero-order valence-corrected chi connectivity index (χ0v) is 16.9. The molecular formula is C20H20N2O3S2. The summed E-state index contributed by atoms with van der Waals surface area (Å²) in [5, 5.41) is 1.27. The van der Waals surface area contributed by atoms with Crippen LogP contribution >= 0.6 is 23.1 Å². The molecule has 1 aliphatic carbocycles. The van der Waals surface area contributed by atoms with Gasteiger partial charge in [-0.1, -0.05) is 36.9 Å². The second-order valence-electron chi connectivity index (χ2n) is 6.65. The lowest BCUT2D eigenvalue weighted by Gasteiger charge is -2.19. The summed E-state index contributed by atoms with van der Waals surface area (Å²) in [5.74, 6) is 0.144. The molecule has 2 aromatic heterocycles. The lowest BCUT2D eigenvalue weighted by atomic mass is 9.88. The standard InChI is InChI=1S/C20H20N2O3S2/c1-12-7-6-10-14-16(12)17-18(27-14)21-20(26-11-15(23)25-2)22(19(17)24)13-8-4-3-5-9-13/h3-5,8-9,12H,6-7,10-11H2,1-2H3/t12-/m1/s1. The highest BCUT2D eigenvalue weighted by atomic mass is 32.2. The first-order valence-corrected chi connectivity index (χ1v) is 10.7. The van der Waals surface area contributed by atoms with Crippen molar-refractivity contribution in [3.63, 3.8) is 0 Å². The first-order valence-electron chi connectivity index (χ1n) is 8.93. The number of carbonyl (C=O) groups excluding carboxylic acids is 1. The molecule has 1 aromatic carbocycles. The van der Waals surface area contributed by atoms with Crippen molar-refractivity contribution in [2.45, 2.75) is 37.3 Å².